The number of ether oxygens (including phenoxy) is 1. The Kier molecular flexibility index (Phi) is 4.97. The molecule has 16 heavy (non-hydrogen) atoms. The topological polar surface area (TPSA) is 29.5 Å². The first kappa shape index (κ1) is 12.2. The molecule has 0 bridgehead atoms. The Labute approximate surface area is 102 Å². The predicted molar refractivity (Wildman–Crippen MR) is 66.7 cm³/mol. The maximum absolute atomic E-state index is 11.9. The Hall–Kier alpha value is -0.220. The molecular weight excluding hydrogens is 222 g/mol. The fourth-order valence-electron chi connectivity index (χ4n) is 2.32. The molecule has 1 aliphatic carbocycles. The number of hydrogen-bond donors (Lipinski definition) is 0. The van der Waals surface area contributed by atoms with E-state index < -0.39 is 0 Å². The molecule has 3 nitrogen and oxygen atoms in total. The second-order valence-corrected chi connectivity index (χ2v) is 5.85. The highest BCUT2D eigenvalue weighted by Crippen LogP contribution is 2.28. The molecule has 2 aliphatic rings. The van der Waals surface area contributed by atoms with Gasteiger partial charge in [0.1, 0.15) is 0 Å². The van der Waals surface area contributed by atoms with Crippen LogP contribution in [-0.4, -0.2) is 48.1 Å². The van der Waals surface area contributed by atoms with Crippen LogP contribution in [0.2, 0.25) is 0 Å². The van der Waals surface area contributed by atoms with Crippen molar-refractivity contribution in [2.24, 2.45) is 0 Å². The summed E-state index contributed by atoms with van der Waals surface area (Å²) in [4.78, 5) is 13.8. The molecular formula is C12H21NO2S. The fourth-order valence-corrected chi connectivity index (χ4v) is 3.55. The third-order valence-electron chi connectivity index (χ3n) is 3.36. The summed E-state index contributed by atoms with van der Waals surface area (Å²) in [7, 11) is 0. The molecule has 1 heterocycles. The first-order valence-corrected chi connectivity index (χ1v) is 7.38. The van der Waals surface area contributed by atoms with Crippen molar-refractivity contribution in [2.45, 2.75) is 37.4 Å². The summed E-state index contributed by atoms with van der Waals surface area (Å²) in [5, 5.41) is 0.735. The molecule has 0 atom stereocenters. The highest BCUT2D eigenvalue weighted by atomic mass is 32.2. The van der Waals surface area contributed by atoms with Crippen molar-refractivity contribution < 1.29 is 9.53 Å². The van der Waals surface area contributed by atoms with Crippen LogP contribution in [0.4, 0.5) is 0 Å². The van der Waals surface area contributed by atoms with Gasteiger partial charge in [0.25, 0.3) is 0 Å². The van der Waals surface area contributed by atoms with Crippen molar-refractivity contribution in [3.05, 3.63) is 0 Å². The SMILES string of the molecule is O=C(CSC1CCCCC1)N1CCOCC1. The summed E-state index contributed by atoms with van der Waals surface area (Å²) < 4.78 is 5.24. The lowest BCUT2D eigenvalue weighted by Crippen LogP contribution is -2.41. The van der Waals surface area contributed by atoms with Crippen LogP contribution in [-0.2, 0) is 9.53 Å². The van der Waals surface area contributed by atoms with Crippen molar-refractivity contribution in [3.8, 4) is 0 Å². The van der Waals surface area contributed by atoms with Crippen molar-refractivity contribution in [1.29, 1.82) is 0 Å². The summed E-state index contributed by atoms with van der Waals surface area (Å²) in [6.45, 7) is 2.98. The van der Waals surface area contributed by atoms with Crippen LogP contribution in [0.25, 0.3) is 0 Å². The van der Waals surface area contributed by atoms with Crippen molar-refractivity contribution in [1.82, 2.24) is 4.90 Å². The molecule has 0 aromatic rings. The third kappa shape index (κ3) is 3.67. The fraction of sp³-hybridized carbons (Fsp3) is 0.917. The van der Waals surface area contributed by atoms with E-state index in [4.69, 9.17) is 4.74 Å². The molecule has 0 N–H and O–H groups in total. The average Bonchev–Trinajstić information content (AvgIpc) is 2.38. The van der Waals surface area contributed by atoms with E-state index in [-0.39, 0.29) is 0 Å². The van der Waals surface area contributed by atoms with Crippen LogP contribution < -0.4 is 0 Å². The average molecular weight is 243 g/mol. The van der Waals surface area contributed by atoms with Crippen LogP contribution >= 0.6 is 11.8 Å². The van der Waals surface area contributed by atoms with E-state index in [1.165, 1.54) is 32.1 Å². The van der Waals surface area contributed by atoms with Crippen molar-refractivity contribution >= 4 is 17.7 Å². The molecule has 0 aromatic heterocycles. The molecule has 1 amide bonds. The Morgan fingerprint density at radius 1 is 1.19 bits per heavy atom. The number of carbonyl (C=O) groups is 1. The Balaban J connectivity index is 1.65. The predicted octanol–water partition coefficient (Wildman–Crippen LogP) is 1.91. The largest absolute Gasteiger partial charge is 0.378 e. The van der Waals surface area contributed by atoms with Gasteiger partial charge in [-0.1, -0.05) is 19.3 Å². The molecule has 2 fully saturated rings. The van der Waals surface area contributed by atoms with Crippen LogP contribution in [0.1, 0.15) is 32.1 Å². The maximum Gasteiger partial charge on any atom is 0.232 e. The number of hydrogen-bond acceptors (Lipinski definition) is 3. The van der Waals surface area contributed by atoms with Gasteiger partial charge >= 0.3 is 0 Å². The van der Waals surface area contributed by atoms with E-state index in [2.05, 4.69) is 0 Å². The molecule has 92 valence electrons. The van der Waals surface area contributed by atoms with Gasteiger partial charge in [-0.05, 0) is 12.8 Å². The molecule has 4 heteroatoms. The van der Waals surface area contributed by atoms with E-state index >= 15 is 0 Å². The Morgan fingerprint density at radius 3 is 2.56 bits per heavy atom. The number of nitrogens with zero attached hydrogens (tertiary/aromatic N) is 1. The summed E-state index contributed by atoms with van der Waals surface area (Å²) >= 11 is 1.87. The van der Waals surface area contributed by atoms with E-state index in [1.807, 2.05) is 16.7 Å². The third-order valence-corrected chi connectivity index (χ3v) is 4.71. The van der Waals surface area contributed by atoms with Gasteiger partial charge in [0, 0.05) is 18.3 Å². The van der Waals surface area contributed by atoms with Crippen LogP contribution in [0, 0.1) is 0 Å². The minimum absolute atomic E-state index is 0.305. The minimum Gasteiger partial charge on any atom is -0.378 e. The lowest BCUT2D eigenvalue weighted by Gasteiger charge is -2.28. The molecule has 0 spiro atoms. The standard InChI is InChI=1S/C12H21NO2S/c14-12(13-6-8-15-9-7-13)10-16-11-4-2-1-3-5-11/h11H,1-10H2. The zero-order chi connectivity index (χ0) is 11.2. The maximum atomic E-state index is 11.9. The zero-order valence-corrected chi connectivity index (χ0v) is 10.6. The molecule has 2 rings (SSSR count). The molecule has 0 unspecified atom stereocenters. The second kappa shape index (κ2) is 6.50. The van der Waals surface area contributed by atoms with Gasteiger partial charge in [0.15, 0.2) is 0 Å². The number of rotatable bonds is 3. The number of carbonyl (C=O) groups excluding carboxylic acids is 1. The van der Waals surface area contributed by atoms with Gasteiger partial charge in [-0.2, -0.15) is 0 Å². The minimum atomic E-state index is 0.305. The summed E-state index contributed by atoms with van der Waals surface area (Å²) in [6, 6.07) is 0. The normalized spacial score (nSPS) is 23.4. The van der Waals surface area contributed by atoms with Crippen LogP contribution in [0.3, 0.4) is 0 Å². The molecule has 0 aromatic carbocycles. The lowest BCUT2D eigenvalue weighted by molar-refractivity contribution is -0.132. The monoisotopic (exact) mass is 243 g/mol. The smallest absolute Gasteiger partial charge is 0.232 e. The number of thioether (sulfide) groups is 1. The van der Waals surface area contributed by atoms with Gasteiger partial charge in [-0.3, -0.25) is 4.79 Å². The van der Waals surface area contributed by atoms with Gasteiger partial charge in [-0.25, -0.2) is 0 Å². The first-order chi connectivity index (χ1) is 7.86. The highest BCUT2D eigenvalue weighted by Gasteiger charge is 2.19. The molecule has 1 aliphatic heterocycles. The zero-order valence-electron chi connectivity index (χ0n) is 9.82. The molecule has 1 saturated heterocycles. The summed E-state index contributed by atoms with van der Waals surface area (Å²) in [5.41, 5.74) is 0. The Morgan fingerprint density at radius 2 is 1.88 bits per heavy atom. The van der Waals surface area contributed by atoms with Crippen LogP contribution in [0.5, 0.6) is 0 Å². The van der Waals surface area contributed by atoms with Crippen LogP contribution in [0.15, 0.2) is 0 Å². The van der Waals surface area contributed by atoms with Gasteiger partial charge < -0.3 is 9.64 Å². The van der Waals surface area contributed by atoms with E-state index in [1.54, 1.807) is 0 Å². The van der Waals surface area contributed by atoms with E-state index in [0.717, 1.165) is 18.3 Å². The van der Waals surface area contributed by atoms with E-state index in [0.29, 0.717) is 24.9 Å². The lowest BCUT2D eigenvalue weighted by atomic mass is 10.0. The van der Waals surface area contributed by atoms with Gasteiger partial charge in [-0.15, -0.1) is 11.8 Å². The molecule has 0 radical (unpaired) electrons. The second-order valence-electron chi connectivity index (χ2n) is 4.56. The number of morpholine rings is 1. The summed E-state index contributed by atoms with van der Waals surface area (Å²) in [6.07, 6.45) is 6.70. The quantitative estimate of drug-likeness (QED) is 0.758. The van der Waals surface area contributed by atoms with Gasteiger partial charge in [0.2, 0.25) is 5.91 Å². The highest BCUT2D eigenvalue weighted by molar-refractivity contribution is 8.00. The Bertz CT molecular complexity index is 223. The van der Waals surface area contributed by atoms with E-state index in [9.17, 15) is 4.79 Å². The van der Waals surface area contributed by atoms with Gasteiger partial charge in [0.05, 0.1) is 19.0 Å². The summed E-state index contributed by atoms with van der Waals surface area (Å²) in [5.74, 6) is 0.976. The number of amides is 1. The first-order valence-electron chi connectivity index (χ1n) is 6.33. The van der Waals surface area contributed by atoms with Crippen molar-refractivity contribution in [2.75, 3.05) is 32.1 Å². The molecule has 1 saturated carbocycles. The van der Waals surface area contributed by atoms with Crippen molar-refractivity contribution in [3.63, 3.8) is 0 Å².